The molecule has 1 heterocycles. The van der Waals surface area contributed by atoms with E-state index >= 15 is 0 Å². The van der Waals surface area contributed by atoms with Gasteiger partial charge in [-0.05, 0) is 42.4 Å². The van der Waals surface area contributed by atoms with Crippen LogP contribution in [0.2, 0.25) is 0 Å². The molecule has 1 aliphatic rings. The van der Waals surface area contributed by atoms with Gasteiger partial charge in [0.1, 0.15) is 0 Å². The topological polar surface area (TPSA) is 75.4 Å². The lowest BCUT2D eigenvalue weighted by Crippen LogP contribution is -2.49. The number of carbonyl (C=O) groups is 2. The van der Waals surface area contributed by atoms with Crippen molar-refractivity contribution in [3.63, 3.8) is 0 Å². The minimum atomic E-state index is -0.446. The fourth-order valence-electron chi connectivity index (χ4n) is 3.89. The molecule has 5 nitrogen and oxygen atoms in total. The van der Waals surface area contributed by atoms with E-state index in [0.29, 0.717) is 6.54 Å². The molecular weight excluding hydrogens is 374 g/mol. The largest absolute Gasteiger partial charge is 0.368 e. The number of benzene rings is 2. The summed E-state index contributed by atoms with van der Waals surface area (Å²) < 4.78 is 0. The number of primary amides is 1. The lowest BCUT2D eigenvalue weighted by Gasteiger charge is -2.25. The summed E-state index contributed by atoms with van der Waals surface area (Å²) >= 11 is 0. The standard InChI is InChI=1S/C25H31N3O2/c1-18(2)24(25(26)30)27-21(13-12-19-8-4-3-5-9-19)14-15-23(29)28-17-16-20-10-6-7-11-22(20)28/h3-11,14-15,18,21,24,27H,12-13,16-17H2,1-2H3,(H2,26,30)/b15-14+/t21-,24-/m0/s1. The number of nitrogens with two attached hydrogens (primary N) is 1. The Bertz CT molecular complexity index is 892. The number of anilines is 1. The first kappa shape index (κ1) is 21.8. The third-order valence-electron chi connectivity index (χ3n) is 5.58. The van der Waals surface area contributed by atoms with E-state index in [4.69, 9.17) is 5.73 Å². The first-order valence-corrected chi connectivity index (χ1v) is 10.6. The van der Waals surface area contributed by atoms with Crippen molar-refractivity contribution in [1.82, 2.24) is 5.32 Å². The molecule has 0 fully saturated rings. The van der Waals surface area contributed by atoms with E-state index in [9.17, 15) is 9.59 Å². The highest BCUT2D eigenvalue weighted by atomic mass is 16.2. The Kier molecular flexibility index (Phi) is 7.41. The van der Waals surface area contributed by atoms with E-state index in [1.165, 1.54) is 11.1 Å². The van der Waals surface area contributed by atoms with Gasteiger partial charge in [0.25, 0.3) is 5.91 Å². The molecule has 0 aliphatic carbocycles. The number of fused-ring (bicyclic) bond motifs is 1. The third kappa shape index (κ3) is 5.57. The van der Waals surface area contributed by atoms with Gasteiger partial charge in [0.15, 0.2) is 0 Å². The van der Waals surface area contributed by atoms with Crippen molar-refractivity contribution >= 4 is 17.5 Å². The zero-order valence-corrected chi connectivity index (χ0v) is 17.8. The van der Waals surface area contributed by atoms with Crippen molar-refractivity contribution < 1.29 is 9.59 Å². The number of para-hydroxylation sites is 1. The van der Waals surface area contributed by atoms with Gasteiger partial charge in [0.2, 0.25) is 5.91 Å². The Morgan fingerprint density at radius 1 is 1.10 bits per heavy atom. The zero-order chi connectivity index (χ0) is 21.5. The molecule has 2 atom stereocenters. The second-order valence-electron chi connectivity index (χ2n) is 8.15. The minimum absolute atomic E-state index is 0.0355. The van der Waals surface area contributed by atoms with Gasteiger partial charge in [-0.1, -0.05) is 68.5 Å². The second kappa shape index (κ2) is 10.2. The number of aryl methyl sites for hydroxylation is 1. The van der Waals surface area contributed by atoms with Crippen LogP contribution in [-0.4, -0.2) is 30.4 Å². The van der Waals surface area contributed by atoms with Crippen LogP contribution in [0, 0.1) is 5.92 Å². The molecule has 0 bridgehead atoms. The smallest absolute Gasteiger partial charge is 0.250 e. The first-order valence-electron chi connectivity index (χ1n) is 10.6. The number of amides is 2. The Hall–Kier alpha value is -2.92. The maximum atomic E-state index is 12.9. The molecule has 3 N–H and O–H groups in total. The summed E-state index contributed by atoms with van der Waals surface area (Å²) in [7, 11) is 0. The van der Waals surface area contributed by atoms with E-state index in [2.05, 4.69) is 23.5 Å². The van der Waals surface area contributed by atoms with Crippen LogP contribution >= 0.6 is 0 Å². The lowest BCUT2D eigenvalue weighted by molar-refractivity contribution is -0.121. The maximum Gasteiger partial charge on any atom is 0.250 e. The third-order valence-corrected chi connectivity index (χ3v) is 5.58. The highest BCUT2D eigenvalue weighted by Gasteiger charge is 2.24. The number of rotatable bonds is 9. The summed E-state index contributed by atoms with van der Waals surface area (Å²) in [5.41, 5.74) is 9.01. The minimum Gasteiger partial charge on any atom is -0.368 e. The molecule has 0 aromatic heterocycles. The number of hydrogen-bond acceptors (Lipinski definition) is 3. The van der Waals surface area contributed by atoms with Crippen molar-refractivity contribution in [2.75, 3.05) is 11.4 Å². The van der Waals surface area contributed by atoms with Crippen LogP contribution < -0.4 is 16.0 Å². The Labute approximate surface area is 179 Å². The van der Waals surface area contributed by atoms with Crippen molar-refractivity contribution in [2.45, 2.75) is 45.2 Å². The van der Waals surface area contributed by atoms with Gasteiger partial charge in [-0.25, -0.2) is 0 Å². The van der Waals surface area contributed by atoms with E-state index in [1.807, 2.05) is 61.2 Å². The molecule has 0 spiro atoms. The molecule has 3 rings (SSSR count). The van der Waals surface area contributed by atoms with Crippen molar-refractivity contribution in [1.29, 1.82) is 0 Å². The Balaban J connectivity index is 1.72. The summed E-state index contributed by atoms with van der Waals surface area (Å²) in [4.78, 5) is 26.6. The average molecular weight is 406 g/mol. The van der Waals surface area contributed by atoms with Gasteiger partial charge in [0.05, 0.1) is 6.04 Å². The molecule has 2 amide bonds. The first-order chi connectivity index (χ1) is 14.5. The summed E-state index contributed by atoms with van der Waals surface area (Å²) in [6.45, 7) is 4.62. The van der Waals surface area contributed by atoms with Gasteiger partial charge in [-0.15, -0.1) is 0 Å². The van der Waals surface area contributed by atoms with Crippen molar-refractivity contribution in [2.24, 2.45) is 11.7 Å². The van der Waals surface area contributed by atoms with Gasteiger partial charge < -0.3 is 10.6 Å². The molecule has 158 valence electrons. The van der Waals surface area contributed by atoms with E-state index < -0.39 is 6.04 Å². The molecule has 0 saturated carbocycles. The van der Waals surface area contributed by atoms with E-state index in [1.54, 1.807) is 6.08 Å². The van der Waals surface area contributed by atoms with Crippen LogP contribution in [0.5, 0.6) is 0 Å². The van der Waals surface area contributed by atoms with Crippen LogP contribution in [0.4, 0.5) is 5.69 Å². The molecular formula is C25H31N3O2. The van der Waals surface area contributed by atoms with Crippen molar-refractivity contribution in [3.8, 4) is 0 Å². The fourth-order valence-corrected chi connectivity index (χ4v) is 3.89. The lowest BCUT2D eigenvalue weighted by atomic mass is 9.99. The molecule has 2 aromatic rings. The highest BCUT2D eigenvalue weighted by Crippen LogP contribution is 2.27. The molecule has 0 radical (unpaired) electrons. The monoisotopic (exact) mass is 405 g/mol. The van der Waals surface area contributed by atoms with E-state index in [0.717, 1.165) is 24.9 Å². The molecule has 0 saturated heterocycles. The van der Waals surface area contributed by atoms with Crippen LogP contribution in [0.25, 0.3) is 0 Å². The average Bonchev–Trinajstić information content (AvgIpc) is 3.17. The predicted molar refractivity (Wildman–Crippen MR) is 121 cm³/mol. The summed E-state index contributed by atoms with van der Waals surface area (Å²) in [5, 5.41) is 3.36. The van der Waals surface area contributed by atoms with Crippen LogP contribution in [0.15, 0.2) is 66.7 Å². The maximum absolute atomic E-state index is 12.9. The second-order valence-corrected chi connectivity index (χ2v) is 8.15. The Morgan fingerprint density at radius 2 is 1.80 bits per heavy atom. The number of nitrogens with one attached hydrogen (secondary N) is 1. The van der Waals surface area contributed by atoms with Gasteiger partial charge >= 0.3 is 0 Å². The van der Waals surface area contributed by atoms with Crippen LogP contribution in [0.3, 0.4) is 0 Å². The quantitative estimate of drug-likeness (QED) is 0.629. The fraction of sp³-hybridized carbons (Fsp3) is 0.360. The molecule has 5 heteroatoms. The van der Waals surface area contributed by atoms with Crippen LogP contribution in [-0.2, 0) is 22.4 Å². The normalized spacial score (nSPS) is 15.4. The molecule has 0 unspecified atom stereocenters. The van der Waals surface area contributed by atoms with E-state index in [-0.39, 0.29) is 23.8 Å². The number of hydrogen-bond donors (Lipinski definition) is 2. The summed E-state index contributed by atoms with van der Waals surface area (Å²) in [6, 6.07) is 17.6. The van der Waals surface area contributed by atoms with Crippen LogP contribution in [0.1, 0.15) is 31.4 Å². The van der Waals surface area contributed by atoms with Crippen molar-refractivity contribution in [3.05, 3.63) is 77.9 Å². The zero-order valence-electron chi connectivity index (χ0n) is 17.8. The van der Waals surface area contributed by atoms with Gasteiger partial charge in [-0.3, -0.25) is 14.9 Å². The molecule has 30 heavy (non-hydrogen) atoms. The summed E-state index contributed by atoms with van der Waals surface area (Å²) in [5.74, 6) is -0.342. The molecule has 1 aliphatic heterocycles. The Morgan fingerprint density at radius 3 is 2.50 bits per heavy atom. The van der Waals surface area contributed by atoms with Gasteiger partial charge in [0, 0.05) is 24.4 Å². The SMILES string of the molecule is CC(C)[C@H](N[C@H](/C=C/C(=O)N1CCc2ccccc21)CCc1ccccc1)C(N)=O. The van der Waals surface area contributed by atoms with Gasteiger partial charge in [-0.2, -0.15) is 0 Å². The highest BCUT2D eigenvalue weighted by molar-refractivity contribution is 6.02. The summed E-state index contributed by atoms with van der Waals surface area (Å²) in [6.07, 6.45) is 5.99. The number of carbonyl (C=O) groups excluding carboxylic acids is 2. The number of nitrogens with zero attached hydrogens (tertiary/aromatic N) is 1. The molecule has 2 aromatic carbocycles. The predicted octanol–water partition coefficient (Wildman–Crippen LogP) is 3.23.